The minimum atomic E-state index is -0.380. The average Bonchev–Trinajstić information content (AvgIpc) is 2.94. The molecule has 1 N–H and O–H groups in total. The van der Waals surface area contributed by atoms with Gasteiger partial charge in [0.2, 0.25) is 11.8 Å². The first-order valence-electron chi connectivity index (χ1n) is 11.0. The second-order valence-corrected chi connectivity index (χ2v) is 8.32. The van der Waals surface area contributed by atoms with E-state index >= 15 is 0 Å². The van der Waals surface area contributed by atoms with Crippen LogP contribution in [0.15, 0.2) is 54.6 Å². The monoisotopic (exact) mass is 406 g/mol. The molecular weight excluding hydrogens is 376 g/mol. The predicted molar refractivity (Wildman–Crippen MR) is 116 cm³/mol. The van der Waals surface area contributed by atoms with Gasteiger partial charge in [0.05, 0.1) is 0 Å². The van der Waals surface area contributed by atoms with Crippen molar-refractivity contribution in [3.05, 3.63) is 65.7 Å². The summed E-state index contributed by atoms with van der Waals surface area (Å²) in [6.07, 6.45) is 5.63. The predicted octanol–water partition coefficient (Wildman–Crippen LogP) is 4.06. The zero-order valence-electron chi connectivity index (χ0n) is 17.4. The molecule has 0 spiro atoms. The molecule has 1 unspecified atom stereocenters. The number of hydrogen-bond acceptors (Lipinski definition) is 3. The number of rotatable bonds is 7. The van der Waals surface area contributed by atoms with Crippen molar-refractivity contribution in [1.82, 2.24) is 10.2 Å². The van der Waals surface area contributed by atoms with Crippen LogP contribution in [0.25, 0.3) is 0 Å². The summed E-state index contributed by atoms with van der Waals surface area (Å²) in [7, 11) is 0. The van der Waals surface area contributed by atoms with E-state index in [-0.39, 0.29) is 23.8 Å². The molecule has 2 aromatic carbocycles. The molecular formula is C25H30N2O3. The number of hydrogen-bond donors (Lipinski definition) is 1. The van der Waals surface area contributed by atoms with Crippen LogP contribution < -0.4 is 10.1 Å². The maximum atomic E-state index is 13.2. The highest BCUT2D eigenvalue weighted by molar-refractivity contribution is 5.89. The topological polar surface area (TPSA) is 58.6 Å². The number of carbonyl (C=O) groups excluding carboxylic acids is 2. The van der Waals surface area contributed by atoms with Gasteiger partial charge in [0.25, 0.3) is 0 Å². The lowest BCUT2D eigenvalue weighted by Gasteiger charge is -2.36. The second kappa shape index (κ2) is 9.79. The van der Waals surface area contributed by atoms with Gasteiger partial charge in [0.15, 0.2) is 0 Å². The van der Waals surface area contributed by atoms with Gasteiger partial charge in [-0.25, -0.2) is 0 Å². The van der Waals surface area contributed by atoms with Crippen molar-refractivity contribution < 1.29 is 14.3 Å². The molecule has 1 aliphatic heterocycles. The Hall–Kier alpha value is -2.82. The van der Waals surface area contributed by atoms with Crippen molar-refractivity contribution in [1.29, 1.82) is 0 Å². The van der Waals surface area contributed by atoms with Crippen molar-refractivity contribution >= 4 is 11.8 Å². The molecule has 158 valence electrons. The van der Waals surface area contributed by atoms with Gasteiger partial charge in [-0.05, 0) is 55.4 Å². The lowest BCUT2D eigenvalue weighted by atomic mass is 9.83. The molecule has 2 aliphatic rings. The number of nitrogens with one attached hydrogen (secondary N) is 1. The molecule has 1 saturated heterocycles. The van der Waals surface area contributed by atoms with E-state index in [1.807, 2.05) is 59.5 Å². The molecule has 1 saturated carbocycles. The van der Waals surface area contributed by atoms with Gasteiger partial charge in [-0.2, -0.15) is 0 Å². The second-order valence-electron chi connectivity index (χ2n) is 8.32. The van der Waals surface area contributed by atoms with E-state index in [0.717, 1.165) is 55.4 Å². The third-order valence-corrected chi connectivity index (χ3v) is 6.12. The summed E-state index contributed by atoms with van der Waals surface area (Å²) in [6, 6.07) is 17.5. The SMILES string of the molecule is O=C1NCCCCC1N(Cc1cccc(OCc2ccccc2)c1)C(=O)C1CCC1. The summed E-state index contributed by atoms with van der Waals surface area (Å²) in [5.74, 6) is 0.951. The van der Waals surface area contributed by atoms with Crippen molar-refractivity contribution in [3.63, 3.8) is 0 Å². The van der Waals surface area contributed by atoms with Crippen molar-refractivity contribution in [3.8, 4) is 5.75 Å². The van der Waals surface area contributed by atoms with Crippen LogP contribution in [0.3, 0.4) is 0 Å². The summed E-state index contributed by atoms with van der Waals surface area (Å²) < 4.78 is 5.96. The Morgan fingerprint density at radius 1 is 0.967 bits per heavy atom. The zero-order chi connectivity index (χ0) is 20.8. The minimum absolute atomic E-state index is 0.0170. The quantitative estimate of drug-likeness (QED) is 0.754. The van der Waals surface area contributed by atoms with Crippen LogP contribution in [0.4, 0.5) is 0 Å². The highest BCUT2D eigenvalue weighted by Crippen LogP contribution is 2.31. The van der Waals surface area contributed by atoms with Gasteiger partial charge in [0, 0.05) is 19.0 Å². The summed E-state index contributed by atoms with van der Waals surface area (Å²) in [6.45, 7) is 1.64. The minimum Gasteiger partial charge on any atom is -0.489 e. The lowest BCUT2D eigenvalue weighted by molar-refractivity contribution is -0.146. The van der Waals surface area contributed by atoms with Crippen molar-refractivity contribution in [2.24, 2.45) is 5.92 Å². The molecule has 2 fully saturated rings. The number of nitrogens with zero attached hydrogens (tertiary/aromatic N) is 1. The molecule has 0 bridgehead atoms. The largest absolute Gasteiger partial charge is 0.489 e. The zero-order valence-corrected chi connectivity index (χ0v) is 17.4. The first kappa shape index (κ1) is 20.5. The fraction of sp³-hybridized carbons (Fsp3) is 0.440. The van der Waals surface area contributed by atoms with Crippen LogP contribution in [0, 0.1) is 5.92 Å². The summed E-state index contributed by atoms with van der Waals surface area (Å²) >= 11 is 0. The Kier molecular flexibility index (Phi) is 6.67. The summed E-state index contributed by atoms with van der Waals surface area (Å²) in [5.41, 5.74) is 2.10. The third-order valence-electron chi connectivity index (χ3n) is 6.12. The Morgan fingerprint density at radius 3 is 2.53 bits per heavy atom. The Labute approximate surface area is 178 Å². The molecule has 5 nitrogen and oxygen atoms in total. The summed E-state index contributed by atoms with van der Waals surface area (Å²) in [4.78, 5) is 27.7. The highest BCUT2D eigenvalue weighted by Gasteiger charge is 2.36. The van der Waals surface area contributed by atoms with Gasteiger partial charge in [-0.1, -0.05) is 48.9 Å². The fourth-order valence-electron chi connectivity index (χ4n) is 4.12. The van der Waals surface area contributed by atoms with Crippen molar-refractivity contribution in [2.45, 2.75) is 57.7 Å². The van der Waals surface area contributed by atoms with E-state index in [1.165, 1.54) is 0 Å². The summed E-state index contributed by atoms with van der Waals surface area (Å²) in [5, 5.41) is 2.98. The van der Waals surface area contributed by atoms with Gasteiger partial charge in [-0.3, -0.25) is 9.59 Å². The molecule has 30 heavy (non-hydrogen) atoms. The van der Waals surface area contributed by atoms with Crippen LogP contribution in [0.1, 0.15) is 49.7 Å². The number of benzene rings is 2. The van der Waals surface area contributed by atoms with Crippen LogP contribution in [-0.2, 0) is 22.7 Å². The Balaban J connectivity index is 1.49. The normalized spacial score (nSPS) is 19.3. The standard InChI is InChI=1S/C25H30N2O3/c28-24-23(14-4-5-15-26-24)27(25(29)21-11-7-12-21)17-20-10-6-13-22(16-20)30-18-19-8-2-1-3-9-19/h1-3,6,8-10,13,16,21,23H,4-5,7,11-12,14-15,17-18H2,(H,26,28). The molecule has 1 heterocycles. The van der Waals surface area contributed by atoms with E-state index in [9.17, 15) is 9.59 Å². The molecule has 4 rings (SSSR count). The first-order chi connectivity index (χ1) is 14.7. The molecule has 1 aliphatic carbocycles. The molecule has 1 atom stereocenters. The third kappa shape index (κ3) is 5.02. The number of ether oxygens (including phenoxy) is 1. The average molecular weight is 407 g/mol. The maximum absolute atomic E-state index is 13.2. The smallest absolute Gasteiger partial charge is 0.242 e. The molecule has 5 heteroatoms. The van der Waals surface area contributed by atoms with Crippen LogP contribution in [0.2, 0.25) is 0 Å². The molecule has 0 radical (unpaired) electrons. The van der Waals surface area contributed by atoms with Crippen LogP contribution in [0.5, 0.6) is 5.75 Å². The van der Waals surface area contributed by atoms with Crippen LogP contribution in [-0.4, -0.2) is 29.3 Å². The molecule has 0 aromatic heterocycles. The van der Waals surface area contributed by atoms with E-state index in [2.05, 4.69) is 5.32 Å². The number of amides is 2. The van der Waals surface area contributed by atoms with Gasteiger partial charge < -0.3 is 15.0 Å². The fourth-order valence-corrected chi connectivity index (χ4v) is 4.12. The van der Waals surface area contributed by atoms with Gasteiger partial charge >= 0.3 is 0 Å². The van der Waals surface area contributed by atoms with Gasteiger partial charge in [-0.15, -0.1) is 0 Å². The first-order valence-corrected chi connectivity index (χ1v) is 11.0. The van der Waals surface area contributed by atoms with Gasteiger partial charge in [0.1, 0.15) is 18.4 Å². The molecule has 2 aromatic rings. The number of carbonyl (C=O) groups is 2. The highest BCUT2D eigenvalue weighted by atomic mass is 16.5. The Morgan fingerprint density at radius 2 is 1.77 bits per heavy atom. The van der Waals surface area contributed by atoms with Crippen molar-refractivity contribution in [2.75, 3.05) is 6.54 Å². The van der Waals surface area contributed by atoms with E-state index in [4.69, 9.17) is 4.74 Å². The Bertz CT molecular complexity index is 864. The van der Waals surface area contributed by atoms with E-state index in [0.29, 0.717) is 19.7 Å². The van der Waals surface area contributed by atoms with E-state index in [1.54, 1.807) is 0 Å². The van der Waals surface area contributed by atoms with E-state index < -0.39 is 0 Å². The lowest BCUT2D eigenvalue weighted by Crippen LogP contribution is -2.51. The maximum Gasteiger partial charge on any atom is 0.242 e. The van der Waals surface area contributed by atoms with Crippen LogP contribution >= 0.6 is 0 Å². The molecule has 2 amide bonds.